The molecule has 0 aromatic heterocycles. The van der Waals surface area contributed by atoms with Crippen molar-refractivity contribution in [1.29, 1.82) is 0 Å². The van der Waals surface area contributed by atoms with E-state index in [1.165, 1.54) is 18.4 Å². The molecule has 4 N–H and O–H groups in total. The van der Waals surface area contributed by atoms with E-state index in [2.05, 4.69) is 6.92 Å². The normalized spacial score (nSPS) is 10.1. The van der Waals surface area contributed by atoms with Crippen molar-refractivity contribution >= 4 is 11.4 Å². The minimum atomic E-state index is 0.698. The predicted molar refractivity (Wildman–Crippen MR) is 53.9 cm³/mol. The van der Waals surface area contributed by atoms with Gasteiger partial charge in [0.25, 0.3) is 0 Å². The molecular weight excluding hydrogens is 148 g/mol. The Morgan fingerprint density at radius 3 is 2.67 bits per heavy atom. The lowest BCUT2D eigenvalue weighted by molar-refractivity contribution is 0.797. The first-order chi connectivity index (χ1) is 5.75. The van der Waals surface area contributed by atoms with Gasteiger partial charge in [0.1, 0.15) is 0 Å². The summed E-state index contributed by atoms with van der Waals surface area (Å²) in [5, 5.41) is 0. The number of rotatable bonds is 3. The average molecular weight is 164 g/mol. The lowest BCUT2D eigenvalue weighted by Gasteiger charge is -2.06. The molecule has 0 heterocycles. The fraction of sp³-hybridized carbons (Fsp3) is 0.400. The first-order valence-electron chi connectivity index (χ1n) is 4.38. The summed E-state index contributed by atoms with van der Waals surface area (Å²) in [7, 11) is 0. The summed E-state index contributed by atoms with van der Waals surface area (Å²) >= 11 is 0. The highest BCUT2D eigenvalue weighted by atomic mass is 14.7. The molecule has 0 aliphatic carbocycles. The van der Waals surface area contributed by atoms with Crippen LogP contribution in [0, 0.1) is 0 Å². The number of anilines is 2. The summed E-state index contributed by atoms with van der Waals surface area (Å²) < 4.78 is 0. The van der Waals surface area contributed by atoms with Crippen molar-refractivity contribution in [1.82, 2.24) is 0 Å². The predicted octanol–water partition coefficient (Wildman–Crippen LogP) is 2.19. The second kappa shape index (κ2) is 4.00. The summed E-state index contributed by atoms with van der Waals surface area (Å²) in [6.45, 7) is 2.17. The van der Waals surface area contributed by atoms with Crippen LogP contribution < -0.4 is 11.5 Å². The third kappa shape index (κ3) is 1.91. The topological polar surface area (TPSA) is 52.0 Å². The second-order valence-electron chi connectivity index (χ2n) is 3.02. The van der Waals surface area contributed by atoms with Gasteiger partial charge in [0.2, 0.25) is 0 Å². The summed E-state index contributed by atoms with van der Waals surface area (Å²) in [6, 6.07) is 5.84. The molecule has 12 heavy (non-hydrogen) atoms. The van der Waals surface area contributed by atoms with E-state index in [-0.39, 0.29) is 0 Å². The smallest absolute Gasteiger partial charge is 0.0580 e. The maximum Gasteiger partial charge on any atom is 0.0580 e. The molecule has 0 spiro atoms. The number of aryl methyl sites for hydroxylation is 1. The summed E-state index contributed by atoms with van der Waals surface area (Å²) in [4.78, 5) is 0. The highest BCUT2D eigenvalue weighted by molar-refractivity contribution is 5.67. The van der Waals surface area contributed by atoms with Crippen molar-refractivity contribution in [3.63, 3.8) is 0 Å². The van der Waals surface area contributed by atoms with E-state index in [9.17, 15) is 0 Å². The lowest BCUT2D eigenvalue weighted by atomic mass is 10.1. The Kier molecular flexibility index (Phi) is 2.97. The van der Waals surface area contributed by atoms with Gasteiger partial charge < -0.3 is 11.5 Å². The molecule has 66 valence electrons. The van der Waals surface area contributed by atoms with Crippen molar-refractivity contribution in [3.8, 4) is 0 Å². The van der Waals surface area contributed by atoms with Gasteiger partial charge in [-0.3, -0.25) is 0 Å². The number of hydrogen-bond donors (Lipinski definition) is 2. The van der Waals surface area contributed by atoms with Gasteiger partial charge in [0.15, 0.2) is 0 Å². The van der Waals surface area contributed by atoms with Crippen molar-refractivity contribution in [2.75, 3.05) is 11.5 Å². The van der Waals surface area contributed by atoms with Crippen LogP contribution in [0.15, 0.2) is 18.2 Å². The van der Waals surface area contributed by atoms with Crippen LogP contribution in [0.3, 0.4) is 0 Å². The summed E-state index contributed by atoms with van der Waals surface area (Å²) in [5.74, 6) is 0. The standard InChI is InChI=1S/C10H16N2/c1-2-3-5-8-6-4-7-9(11)10(8)12/h4,6-7H,2-3,5,11-12H2,1H3. The van der Waals surface area contributed by atoms with E-state index >= 15 is 0 Å². The van der Waals surface area contributed by atoms with Crippen molar-refractivity contribution < 1.29 is 0 Å². The Hall–Kier alpha value is -1.18. The second-order valence-corrected chi connectivity index (χ2v) is 3.02. The molecule has 1 rings (SSSR count). The van der Waals surface area contributed by atoms with Crippen LogP contribution in [-0.2, 0) is 6.42 Å². The van der Waals surface area contributed by atoms with Crippen LogP contribution >= 0.6 is 0 Å². The minimum absolute atomic E-state index is 0.698. The van der Waals surface area contributed by atoms with Crippen LogP contribution in [0.5, 0.6) is 0 Å². The fourth-order valence-electron chi connectivity index (χ4n) is 1.22. The molecule has 0 bridgehead atoms. The van der Waals surface area contributed by atoms with Gasteiger partial charge in [-0.1, -0.05) is 25.5 Å². The molecule has 0 fully saturated rings. The van der Waals surface area contributed by atoms with Crippen molar-refractivity contribution in [3.05, 3.63) is 23.8 Å². The van der Waals surface area contributed by atoms with Crippen LogP contribution in [-0.4, -0.2) is 0 Å². The third-order valence-electron chi connectivity index (χ3n) is 2.03. The highest BCUT2D eigenvalue weighted by Gasteiger charge is 2.00. The molecule has 0 radical (unpaired) electrons. The lowest BCUT2D eigenvalue weighted by Crippen LogP contribution is -1.99. The molecule has 0 amide bonds. The largest absolute Gasteiger partial charge is 0.397 e. The monoisotopic (exact) mass is 164 g/mol. The summed E-state index contributed by atoms with van der Waals surface area (Å²) in [6.07, 6.45) is 3.40. The average Bonchev–Trinajstić information content (AvgIpc) is 2.08. The van der Waals surface area contributed by atoms with Crippen LogP contribution in [0.4, 0.5) is 11.4 Å². The van der Waals surface area contributed by atoms with E-state index in [1.807, 2.05) is 18.2 Å². The quantitative estimate of drug-likeness (QED) is 0.673. The molecule has 2 heteroatoms. The molecule has 1 aromatic rings. The van der Waals surface area contributed by atoms with E-state index in [0.717, 1.165) is 12.1 Å². The number of hydrogen-bond acceptors (Lipinski definition) is 2. The zero-order chi connectivity index (χ0) is 8.97. The zero-order valence-electron chi connectivity index (χ0n) is 7.51. The molecular formula is C10H16N2. The third-order valence-corrected chi connectivity index (χ3v) is 2.03. The molecule has 0 saturated heterocycles. The Morgan fingerprint density at radius 2 is 2.00 bits per heavy atom. The molecule has 0 aliphatic heterocycles. The number of nitrogens with two attached hydrogens (primary N) is 2. The molecule has 0 atom stereocenters. The van der Waals surface area contributed by atoms with Gasteiger partial charge in [0.05, 0.1) is 11.4 Å². The van der Waals surface area contributed by atoms with Crippen molar-refractivity contribution in [2.24, 2.45) is 0 Å². The number of benzene rings is 1. The van der Waals surface area contributed by atoms with E-state index in [0.29, 0.717) is 5.69 Å². The van der Waals surface area contributed by atoms with Gasteiger partial charge in [-0.05, 0) is 24.5 Å². The first-order valence-corrected chi connectivity index (χ1v) is 4.38. The van der Waals surface area contributed by atoms with Gasteiger partial charge in [-0.15, -0.1) is 0 Å². The Balaban J connectivity index is 2.78. The van der Waals surface area contributed by atoms with Crippen LogP contribution in [0.25, 0.3) is 0 Å². The van der Waals surface area contributed by atoms with E-state index in [1.54, 1.807) is 0 Å². The fourth-order valence-corrected chi connectivity index (χ4v) is 1.22. The number of nitrogen functional groups attached to an aromatic ring is 2. The maximum absolute atomic E-state index is 5.80. The minimum Gasteiger partial charge on any atom is -0.397 e. The van der Waals surface area contributed by atoms with E-state index in [4.69, 9.17) is 11.5 Å². The van der Waals surface area contributed by atoms with Crippen LogP contribution in [0.1, 0.15) is 25.3 Å². The highest BCUT2D eigenvalue weighted by Crippen LogP contribution is 2.20. The van der Waals surface area contributed by atoms with Gasteiger partial charge in [-0.25, -0.2) is 0 Å². The van der Waals surface area contributed by atoms with Crippen LogP contribution in [0.2, 0.25) is 0 Å². The SMILES string of the molecule is CCCCc1cccc(N)c1N. The number of para-hydroxylation sites is 1. The van der Waals surface area contributed by atoms with Crippen molar-refractivity contribution in [2.45, 2.75) is 26.2 Å². The number of unbranched alkanes of at least 4 members (excludes halogenated alkanes) is 1. The Bertz CT molecular complexity index is 256. The summed E-state index contributed by atoms with van der Waals surface area (Å²) in [5.41, 5.74) is 14.1. The van der Waals surface area contributed by atoms with Gasteiger partial charge in [0, 0.05) is 0 Å². The molecule has 1 aromatic carbocycles. The first kappa shape index (κ1) is 8.91. The molecule has 0 saturated carbocycles. The molecule has 0 unspecified atom stereocenters. The molecule has 2 nitrogen and oxygen atoms in total. The van der Waals surface area contributed by atoms with Gasteiger partial charge in [-0.2, -0.15) is 0 Å². The molecule has 0 aliphatic rings. The Morgan fingerprint density at radius 1 is 1.25 bits per heavy atom. The van der Waals surface area contributed by atoms with E-state index < -0.39 is 0 Å². The Labute approximate surface area is 73.6 Å². The van der Waals surface area contributed by atoms with Gasteiger partial charge >= 0.3 is 0 Å². The zero-order valence-corrected chi connectivity index (χ0v) is 7.51. The maximum atomic E-state index is 5.80.